The van der Waals surface area contributed by atoms with Crippen molar-refractivity contribution in [2.24, 2.45) is 0 Å². The van der Waals surface area contributed by atoms with Crippen LogP contribution in [0.15, 0.2) is 35.1 Å². The van der Waals surface area contributed by atoms with Gasteiger partial charge in [0.1, 0.15) is 21.7 Å². The lowest BCUT2D eigenvalue weighted by atomic mass is 10.1. The van der Waals surface area contributed by atoms with E-state index in [1.807, 2.05) is 13.0 Å². The quantitative estimate of drug-likeness (QED) is 0.319. The van der Waals surface area contributed by atoms with E-state index in [9.17, 15) is 9.59 Å². The number of hydrogen-bond acceptors (Lipinski definition) is 9. The highest BCUT2D eigenvalue weighted by molar-refractivity contribution is 7.25. The summed E-state index contributed by atoms with van der Waals surface area (Å²) in [5.41, 5.74) is 2.83. The molecule has 0 radical (unpaired) electrons. The third kappa shape index (κ3) is 4.05. The van der Waals surface area contributed by atoms with E-state index in [-0.39, 0.29) is 12.2 Å². The number of aryl methyl sites for hydroxylation is 1. The molecule has 0 unspecified atom stereocenters. The summed E-state index contributed by atoms with van der Waals surface area (Å²) < 4.78 is 16.9. The molecule has 3 heterocycles. The number of benzene rings is 1. The molecule has 0 saturated carbocycles. The number of aromatic nitrogens is 4. The molecule has 160 valence electrons. The predicted octanol–water partition coefficient (Wildman–Crippen LogP) is 2.65. The van der Waals surface area contributed by atoms with Gasteiger partial charge in [-0.2, -0.15) is 4.68 Å². The lowest BCUT2D eigenvalue weighted by Crippen LogP contribution is -2.21. The molecule has 0 aliphatic heterocycles. The number of carbonyl (C=O) groups excluding carboxylic acids is 1. The Bertz CT molecular complexity index is 1310. The van der Waals surface area contributed by atoms with Gasteiger partial charge in [0.05, 0.1) is 24.5 Å². The maximum atomic E-state index is 13.2. The first-order valence-corrected chi connectivity index (χ1v) is 10.3. The van der Waals surface area contributed by atoms with E-state index in [2.05, 4.69) is 15.3 Å². The van der Waals surface area contributed by atoms with E-state index in [1.165, 1.54) is 23.1 Å². The minimum atomic E-state index is -0.464. The maximum Gasteiger partial charge on any atom is 0.338 e. The second kappa shape index (κ2) is 8.88. The lowest BCUT2D eigenvalue weighted by Gasteiger charge is -2.06. The molecule has 0 aliphatic rings. The predicted molar refractivity (Wildman–Crippen MR) is 116 cm³/mol. The average Bonchev–Trinajstić information content (AvgIpc) is 3.14. The Balaban J connectivity index is 1.73. The smallest absolute Gasteiger partial charge is 0.338 e. The summed E-state index contributed by atoms with van der Waals surface area (Å²) in [4.78, 5) is 30.5. The van der Waals surface area contributed by atoms with E-state index < -0.39 is 5.97 Å². The molecule has 3 aromatic heterocycles. The maximum absolute atomic E-state index is 13.2. The standard InChI is InChI=1S/C21H20N4O5S/c1-12-10-14(11-29-3)16-17-18(31-19(16)22-12)20(26)25(24-23-17)15-6-4-13(5-7-15)21(27)30-9-8-28-2/h4-7,10H,8-9,11H2,1-3H3. The molecular weight excluding hydrogens is 420 g/mol. The van der Waals surface area contributed by atoms with Crippen LogP contribution in [0.3, 0.4) is 0 Å². The van der Waals surface area contributed by atoms with Gasteiger partial charge in [-0.3, -0.25) is 4.79 Å². The van der Waals surface area contributed by atoms with Crippen molar-refractivity contribution in [3.63, 3.8) is 0 Å². The molecule has 0 N–H and O–H groups in total. The fraction of sp³-hybridized carbons (Fsp3) is 0.286. The first-order chi connectivity index (χ1) is 15.0. The Morgan fingerprint density at radius 3 is 2.61 bits per heavy atom. The number of methoxy groups -OCH3 is 2. The molecule has 0 amide bonds. The number of thiophene rings is 1. The van der Waals surface area contributed by atoms with Gasteiger partial charge in [-0.25, -0.2) is 9.78 Å². The van der Waals surface area contributed by atoms with Crippen molar-refractivity contribution < 1.29 is 19.0 Å². The average molecular weight is 440 g/mol. The molecule has 0 atom stereocenters. The zero-order valence-corrected chi connectivity index (χ0v) is 18.1. The molecule has 0 saturated heterocycles. The van der Waals surface area contributed by atoms with Crippen LogP contribution in [0.5, 0.6) is 0 Å². The molecular formula is C21H20N4O5S. The van der Waals surface area contributed by atoms with Gasteiger partial charge in [-0.05, 0) is 42.8 Å². The van der Waals surface area contributed by atoms with Crippen molar-refractivity contribution in [3.8, 4) is 5.69 Å². The highest BCUT2D eigenvalue weighted by Crippen LogP contribution is 2.32. The van der Waals surface area contributed by atoms with E-state index in [0.29, 0.717) is 34.7 Å². The summed E-state index contributed by atoms with van der Waals surface area (Å²) in [5.74, 6) is -0.464. The van der Waals surface area contributed by atoms with E-state index in [4.69, 9.17) is 14.2 Å². The largest absolute Gasteiger partial charge is 0.460 e. The fourth-order valence-electron chi connectivity index (χ4n) is 3.24. The third-order valence-corrected chi connectivity index (χ3v) is 5.70. The van der Waals surface area contributed by atoms with E-state index in [1.54, 1.807) is 31.4 Å². The van der Waals surface area contributed by atoms with Gasteiger partial charge < -0.3 is 14.2 Å². The first kappa shape index (κ1) is 21.0. The number of hydrogen-bond donors (Lipinski definition) is 0. The molecule has 4 rings (SSSR count). The Kier molecular flexibility index (Phi) is 6.03. The van der Waals surface area contributed by atoms with E-state index in [0.717, 1.165) is 21.5 Å². The molecule has 1 aromatic carbocycles. The number of carbonyl (C=O) groups is 1. The van der Waals surface area contributed by atoms with Crippen LogP contribution in [-0.4, -0.2) is 53.4 Å². The zero-order valence-electron chi connectivity index (χ0n) is 17.2. The van der Waals surface area contributed by atoms with Gasteiger partial charge in [0.25, 0.3) is 5.56 Å². The fourth-order valence-corrected chi connectivity index (χ4v) is 4.37. The SMILES string of the molecule is COCCOC(=O)c1ccc(-n2nnc3c(sc4nc(C)cc(COC)c43)c2=O)cc1. The summed E-state index contributed by atoms with van der Waals surface area (Å²) in [6.45, 7) is 2.78. The first-order valence-electron chi connectivity index (χ1n) is 9.47. The van der Waals surface area contributed by atoms with Gasteiger partial charge in [-0.1, -0.05) is 5.21 Å². The van der Waals surface area contributed by atoms with Crippen LogP contribution >= 0.6 is 11.3 Å². The van der Waals surface area contributed by atoms with Crippen LogP contribution in [0.2, 0.25) is 0 Å². The van der Waals surface area contributed by atoms with Crippen molar-refractivity contribution in [1.29, 1.82) is 0 Å². The zero-order chi connectivity index (χ0) is 22.0. The number of nitrogens with zero attached hydrogens (tertiary/aromatic N) is 4. The summed E-state index contributed by atoms with van der Waals surface area (Å²) in [5, 5.41) is 9.22. The lowest BCUT2D eigenvalue weighted by molar-refractivity contribution is 0.0388. The number of pyridine rings is 1. The number of esters is 1. The molecule has 10 heteroatoms. The van der Waals surface area contributed by atoms with Crippen molar-refractivity contribution in [3.05, 3.63) is 57.5 Å². The monoisotopic (exact) mass is 440 g/mol. The summed E-state index contributed by atoms with van der Waals surface area (Å²) in [7, 11) is 3.15. The molecule has 0 spiro atoms. The van der Waals surface area contributed by atoms with Crippen molar-refractivity contribution in [2.75, 3.05) is 27.4 Å². The summed E-state index contributed by atoms with van der Waals surface area (Å²) in [6, 6.07) is 8.34. The van der Waals surface area contributed by atoms with Crippen molar-refractivity contribution in [1.82, 2.24) is 20.0 Å². The second-order valence-corrected chi connectivity index (χ2v) is 7.80. The minimum absolute atomic E-state index is 0.170. The topological polar surface area (TPSA) is 105 Å². The number of ether oxygens (including phenoxy) is 3. The Morgan fingerprint density at radius 2 is 1.90 bits per heavy atom. The molecule has 0 bridgehead atoms. The minimum Gasteiger partial charge on any atom is -0.460 e. The Morgan fingerprint density at radius 1 is 1.13 bits per heavy atom. The van der Waals surface area contributed by atoms with Crippen LogP contribution in [0.25, 0.3) is 26.1 Å². The molecule has 0 aliphatic carbocycles. The molecule has 4 aromatic rings. The van der Waals surface area contributed by atoms with Gasteiger partial charge in [-0.15, -0.1) is 16.4 Å². The van der Waals surface area contributed by atoms with Crippen LogP contribution in [0, 0.1) is 6.92 Å². The summed E-state index contributed by atoms with van der Waals surface area (Å²) >= 11 is 1.28. The van der Waals surface area contributed by atoms with Crippen molar-refractivity contribution in [2.45, 2.75) is 13.5 Å². The van der Waals surface area contributed by atoms with Crippen LogP contribution in [-0.2, 0) is 20.8 Å². The number of rotatable bonds is 7. The van der Waals surface area contributed by atoms with Crippen LogP contribution in [0.1, 0.15) is 21.6 Å². The molecule has 0 fully saturated rings. The summed E-state index contributed by atoms with van der Waals surface area (Å²) in [6.07, 6.45) is 0. The Hall–Kier alpha value is -3.21. The van der Waals surface area contributed by atoms with Gasteiger partial charge in [0.2, 0.25) is 0 Å². The van der Waals surface area contributed by atoms with E-state index >= 15 is 0 Å². The Labute approximate surface area is 181 Å². The molecule has 9 nitrogen and oxygen atoms in total. The number of fused-ring (bicyclic) bond motifs is 3. The third-order valence-electron chi connectivity index (χ3n) is 4.64. The van der Waals surface area contributed by atoms with Gasteiger partial charge >= 0.3 is 5.97 Å². The van der Waals surface area contributed by atoms with Crippen LogP contribution in [0.4, 0.5) is 0 Å². The highest BCUT2D eigenvalue weighted by atomic mass is 32.1. The second-order valence-electron chi connectivity index (χ2n) is 6.80. The normalized spacial score (nSPS) is 11.3. The van der Waals surface area contributed by atoms with Crippen molar-refractivity contribution >= 4 is 37.7 Å². The highest BCUT2D eigenvalue weighted by Gasteiger charge is 2.18. The molecule has 31 heavy (non-hydrogen) atoms. The van der Waals surface area contributed by atoms with Crippen LogP contribution < -0.4 is 5.56 Å². The van der Waals surface area contributed by atoms with Gasteiger partial charge in [0, 0.05) is 25.3 Å². The van der Waals surface area contributed by atoms with Gasteiger partial charge in [0.15, 0.2) is 0 Å².